The predicted molar refractivity (Wildman–Crippen MR) is 87.3 cm³/mol. The molecule has 0 radical (unpaired) electrons. The maximum atomic E-state index is 12.2. The third-order valence-corrected chi connectivity index (χ3v) is 4.15. The number of aromatic nitrogens is 2. The first-order valence-corrected chi connectivity index (χ1v) is 8.01. The summed E-state index contributed by atoms with van der Waals surface area (Å²) >= 11 is 0. The normalized spacial score (nSPS) is 20.7. The molecule has 1 aliphatic carbocycles. The molecular formula is C18H21N3O2. The number of hydrogen-bond acceptors (Lipinski definition) is 4. The Morgan fingerprint density at radius 1 is 1.13 bits per heavy atom. The van der Waals surface area contributed by atoms with Gasteiger partial charge in [-0.3, -0.25) is 9.78 Å². The second-order valence-corrected chi connectivity index (χ2v) is 5.97. The van der Waals surface area contributed by atoms with E-state index in [0.29, 0.717) is 11.4 Å². The van der Waals surface area contributed by atoms with E-state index in [1.54, 1.807) is 18.6 Å². The molecule has 1 aromatic heterocycles. The SMILES string of the molecule is Cc1ccc(C(=O)NC2CCC(Oc3cnccn3)CC2)cc1. The van der Waals surface area contributed by atoms with E-state index in [-0.39, 0.29) is 18.1 Å². The molecule has 5 heteroatoms. The largest absolute Gasteiger partial charge is 0.473 e. The molecule has 1 N–H and O–H groups in total. The summed E-state index contributed by atoms with van der Waals surface area (Å²) in [6, 6.07) is 7.87. The fraction of sp³-hybridized carbons (Fsp3) is 0.389. The molecule has 0 atom stereocenters. The fourth-order valence-electron chi connectivity index (χ4n) is 2.82. The van der Waals surface area contributed by atoms with Gasteiger partial charge >= 0.3 is 0 Å². The number of rotatable bonds is 4. The average Bonchev–Trinajstić information content (AvgIpc) is 2.58. The molecule has 0 spiro atoms. The molecule has 0 unspecified atom stereocenters. The Morgan fingerprint density at radius 2 is 1.87 bits per heavy atom. The highest BCUT2D eigenvalue weighted by Crippen LogP contribution is 2.22. The van der Waals surface area contributed by atoms with Crippen molar-refractivity contribution >= 4 is 5.91 Å². The van der Waals surface area contributed by atoms with Crippen molar-refractivity contribution in [2.75, 3.05) is 0 Å². The van der Waals surface area contributed by atoms with Crippen LogP contribution in [0.5, 0.6) is 5.88 Å². The van der Waals surface area contributed by atoms with Crippen LogP contribution in [0.25, 0.3) is 0 Å². The molecule has 0 aliphatic heterocycles. The molecule has 0 bridgehead atoms. The van der Waals surface area contributed by atoms with E-state index in [0.717, 1.165) is 31.2 Å². The molecule has 1 amide bonds. The minimum Gasteiger partial charge on any atom is -0.473 e. The summed E-state index contributed by atoms with van der Waals surface area (Å²) in [5, 5.41) is 3.12. The summed E-state index contributed by atoms with van der Waals surface area (Å²) in [5.41, 5.74) is 1.87. The third kappa shape index (κ3) is 4.28. The van der Waals surface area contributed by atoms with Crippen LogP contribution in [0, 0.1) is 6.92 Å². The van der Waals surface area contributed by atoms with Crippen LogP contribution in [0.4, 0.5) is 0 Å². The number of nitrogens with one attached hydrogen (secondary N) is 1. The topological polar surface area (TPSA) is 64.1 Å². The smallest absolute Gasteiger partial charge is 0.251 e. The van der Waals surface area contributed by atoms with Gasteiger partial charge in [0.15, 0.2) is 0 Å². The Bertz CT molecular complexity index is 635. The van der Waals surface area contributed by atoms with Crippen LogP contribution in [0.2, 0.25) is 0 Å². The Labute approximate surface area is 136 Å². The van der Waals surface area contributed by atoms with E-state index in [9.17, 15) is 4.79 Å². The molecule has 1 heterocycles. The molecule has 23 heavy (non-hydrogen) atoms. The molecule has 1 aliphatic rings. The zero-order chi connectivity index (χ0) is 16.1. The Morgan fingerprint density at radius 3 is 2.52 bits per heavy atom. The maximum Gasteiger partial charge on any atom is 0.251 e. The first-order chi connectivity index (χ1) is 11.2. The van der Waals surface area contributed by atoms with Crippen LogP contribution < -0.4 is 10.1 Å². The maximum absolute atomic E-state index is 12.2. The van der Waals surface area contributed by atoms with Crippen molar-refractivity contribution in [2.24, 2.45) is 0 Å². The summed E-state index contributed by atoms with van der Waals surface area (Å²) in [7, 11) is 0. The van der Waals surface area contributed by atoms with Gasteiger partial charge in [0, 0.05) is 24.0 Å². The lowest BCUT2D eigenvalue weighted by Gasteiger charge is -2.29. The van der Waals surface area contributed by atoms with Crippen molar-refractivity contribution in [2.45, 2.75) is 44.8 Å². The standard InChI is InChI=1S/C18H21N3O2/c1-13-2-4-14(5-3-13)18(22)21-15-6-8-16(9-7-15)23-17-12-19-10-11-20-17/h2-5,10-12,15-16H,6-9H2,1H3,(H,21,22). The zero-order valence-corrected chi connectivity index (χ0v) is 13.2. The van der Waals surface area contributed by atoms with Gasteiger partial charge in [0.1, 0.15) is 6.10 Å². The number of carbonyl (C=O) groups excluding carboxylic acids is 1. The monoisotopic (exact) mass is 311 g/mol. The molecule has 1 aromatic carbocycles. The van der Waals surface area contributed by atoms with E-state index < -0.39 is 0 Å². The molecule has 2 aromatic rings. The molecular weight excluding hydrogens is 290 g/mol. The number of nitrogens with zero attached hydrogens (tertiary/aromatic N) is 2. The van der Waals surface area contributed by atoms with Crippen LogP contribution in [0.3, 0.4) is 0 Å². The van der Waals surface area contributed by atoms with Gasteiger partial charge in [0.2, 0.25) is 5.88 Å². The molecule has 1 fully saturated rings. The summed E-state index contributed by atoms with van der Waals surface area (Å²) in [4.78, 5) is 20.4. The lowest BCUT2D eigenvalue weighted by Crippen LogP contribution is -2.39. The molecule has 3 rings (SSSR count). The second-order valence-electron chi connectivity index (χ2n) is 5.97. The number of carbonyl (C=O) groups is 1. The molecule has 0 saturated heterocycles. The Kier molecular flexibility index (Phi) is 4.86. The van der Waals surface area contributed by atoms with Crippen molar-refractivity contribution in [1.29, 1.82) is 0 Å². The highest BCUT2D eigenvalue weighted by molar-refractivity contribution is 5.94. The number of aryl methyl sites for hydroxylation is 1. The van der Waals surface area contributed by atoms with Crippen molar-refractivity contribution in [3.8, 4) is 5.88 Å². The third-order valence-electron chi connectivity index (χ3n) is 4.15. The van der Waals surface area contributed by atoms with Crippen LogP contribution in [0.1, 0.15) is 41.6 Å². The van der Waals surface area contributed by atoms with Crippen molar-refractivity contribution in [1.82, 2.24) is 15.3 Å². The number of benzene rings is 1. The van der Waals surface area contributed by atoms with Crippen LogP contribution in [0.15, 0.2) is 42.9 Å². The number of ether oxygens (including phenoxy) is 1. The molecule has 1 saturated carbocycles. The molecule has 120 valence electrons. The summed E-state index contributed by atoms with van der Waals surface area (Å²) in [6.07, 6.45) is 8.70. The molecule has 5 nitrogen and oxygen atoms in total. The van der Waals surface area contributed by atoms with Gasteiger partial charge in [0.25, 0.3) is 5.91 Å². The van der Waals surface area contributed by atoms with Gasteiger partial charge in [-0.2, -0.15) is 0 Å². The van der Waals surface area contributed by atoms with E-state index in [1.807, 2.05) is 31.2 Å². The quantitative estimate of drug-likeness (QED) is 0.943. The second kappa shape index (κ2) is 7.22. The Hall–Kier alpha value is -2.43. The van der Waals surface area contributed by atoms with Gasteiger partial charge in [-0.25, -0.2) is 4.98 Å². The average molecular weight is 311 g/mol. The van der Waals surface area contributed by atoms with Gasteiger partial charge in [-0.05, 0) is 44.7 Å². The van der Waals surface area contributed by atoms with Gasteiger partial charge in [-0.15, -0.1) is 0 Å². The minimum absolute atomic E-state index is 0.00305. The zero-order valence-electron chi connectivity index (χ0n) is 13.2. The first-order valence-electron chi connectivity index (χ1n) is 8.01. The van der Waals surface area contributed by atoms with Crippen LogP contribution in [-0.4, -0.2) is 28.0 Å². The van der Waals surface area contributed by atoms with E-state index >= 15 is 0 Å². The number of hydrogen-bond donors (Lipinski definition) is 1. The first kappa shape index (κ1) is 15.5. The van der Waals surface area contributed by atoms with Crippen molar-refractivity contribution < 1.29 is 9.53 Å². The fourth-order valence-corrected chi connectivity index (χ4v) is 2.82. The lowest BCUT2D eigenvalue weighted by molar-refractivity contribution is 0.0890. The number of amides is 1. The van der Waals surface area contributed by atoms with Gasteiger partial charge in [-0.1, -0.05) is 17.7 Å². The Balaban J connectivity index is 1.47. The van der Waals surface area contributed by atoms with E-state index in [2.05, 4.69) is 15.3 Å². The van der Waals surface area contributed by atoms with Crippen molar-refractivity contribution in [3.05, 3.63) is 54.0 Å². The minimum atomic E-state index is 0.00305. The highest BCUT2D eigenvalue weighted by atomic mass is 16.5. The summed E-state index contributed by atoms with van der Waals surface area (Å²) in [5.74, 6) is 0.572. The highest BCUT2D eigenvalue weighted by Gasteiger charge is 2.24. The summed E-state index contributed by atoms with van der Waals surface area (Å²) < 4.78 is 5.82. The lowest BCUT2D eigenvalue weighted by atomic mass is 9.92. The van der Waals surface area contributed by atoms with Crippen LogP contribution in [-0.2, 0) is 0 Å². The van der Waals surface area contributed by atoms with Gasteiger partial charge in [0.05, 0.1) is 6.20 Å². The van der Waals surface area contributed by atoms with E-state index in [1.165, 1.54) is 0 Å². The summed E-state index contributed by atoms with van der Waals surface area (Å²) in [6.45, 7) is 2.01. The van der Waals surface area contributed by atoms with Crippen molar-refractivity contribution in [3.63, 3.8) is 0 Å². The predicted octanol–water partition coefficient (Wildman–Crippen LogP) is 2.91. The van der Waals surface area contributed by atoms with E-state index in [4.69, 9.17) is 4.74 Å². The van der Waals surface area contributed by atoms with Crippen LogP contribution >= 0.6 is 0 Å². The van der Waals surface area contributed by atoms with Gasteiger partial charge < -0.3 is 10.1 Å².